The zero-order valence-corrected chi connectivity index (χ0v) is 12.5. The second-order valence-corrected chi connectivity index (χ2v) is 7.40. The highest BCUT2D eigenvalue weighted by Crippen LogP contribution is 2.26. The molecule has 1 fully saturated rings. The molecule has 1 atom stereocenters. The summed E-state index contributed by atoms with van der Waals surface area (Å²) in [5.41, 5.74) is 0. The average molecular weight is 332 g/mol. The molecule has 1 unspecified atom stereocenters. The number of carbonyl (C=O) groups is 3. The number of aryl methyl sites for hydroxylation is 1. The first-order chi connectivity index (χ1) is 9.70. The molecule has 2 heterocycles. The maximum absolute atomic E-state index is 12.2. The van der Waals surface area contributed by atoms with Crippen molar-refractivity contribution in [2.24, 2.45) is 0 Å². The van der Waals surface area contributed by atoms with Crippen LogP contribution in [0.3, 0.4) is 0 Å². The van der Waals surface area contributed by atoms with Gasteiger partial charge >= 0.3 is 5.97 Å². The van der Waals surface area contributed by atoms with Crippen LogP contribution in [0.2, 0.25) is 0 Å². The number of imide groups is 1. The molecule has 21 heavy (non-hydrogen) atoms. The molecule has 0 radical (unpaired) electrons. The van der Waals surface area contributed by atoms with Crippen molar-refractivity contribution in [3.8, 4) is 0 Å². The van der Waals surface area contributed by atoms with Crippen molar-refractivity contribution in [2.45, 2.75) is 30.7 Å². The number of nitrogens with one attached hydrogen (secondary N) is 2. The fourth-order valence-corrected chi connectivity index (χ4v) is 4.55. The lowest BCUT2D eigenvalue weighted by Gasteiger charge is -2.21. The molecular weight excluding hydrogens is 320 g/mol. The number of piperidine rings is 1. The maximum Gasteiger partial charge on any atom is 0.345 e. The molecule has 1 saturated heterocycles. The summed E-state index contributed by atoms with van der Waals surface area (Å²) in [5, 5.41) is 10.9. The highest BCUT2D eigenvalue weighted by Gasteiger charge is 2.32. The lowest BCUT2D eigenvalue weighted by molar-refractivity contribution is -0.134. The summed E-state index contributed by atoms with van der Waals surface area (Å²) in [6.07, 6.45) is 0.112. The summed E-state index contributed by atoms with van der Waals surface area (Å²) >= 11 is 0.839. The van der Waals surface area contributed by atoms with Gasteiger partial charge in [-0.3, -0.25) is 14.9 Å². The van der Waals surface area contributed by atoms with Crippen molar-refractivity contribution < 1.29 is 27.9 Å². The molecule has 0 saturated carbocycles. The van der Waals surface area contributed by atoms with Gasteiger partial charge in [-0.2, -0.15) is 4.72 Å². The fraction of sp³-hybridized carbons (Fsp3) is 0.364. The van der Waals surface area contributed by atoms with Crippen molar-refractivity contribution in [1.82, 2.24) is 10.0 Å². The summed E-state index contributed by atoms with van der Waals surface area (Å²) in [4.78, 5) is 33.5. The van der Waals surface area contributed by atoms with E-state index in [2.05, 4.69) is 4.72 Å². The van der Waals surface area contributed by atoms with E-state index < -0.39 is 33.8 Å². The Kier molecular flexibility index (Phi) is 4.12. The monoisotopic (exact) mass is 332 g/mol. The number of carboxylic acid groups (broad SMARTS) is 1. The molecule has 10 heteroatoms. The molecule has 0 aromatic carbocycles. The Morgan fingerprint density at radius 2 is 2.14 bits per heavy atom. The van der Waals surface area contributed by atoms with Crippen molar-refractivity contribution in [3.63, 3.8) is 0 Å². The normalized spacial score (nSPS) is 19.4. The van der Waals surface area contributed by atoms with Gasteiger partial charge in [0.1, 0.15) is 10.9 Å². The molecule has 0 bridgehead atoms. The van der Waals surface area contributed by atoms with Gasteiger partial charge in [0.25, 0.3) is 0 Å². The predicted molar refractivity (Wildman–Crippen MR) is 72.5 cm³/mol. The van der Waals surface area contributed by atoms with E-state index in [-0.39, 0.29) is 22.6 Å². The Morgan fingerprint density at radius 1 is 1.48 bits per heavy atom. The Balaban J connectivity index is 2.24. The van der Waals surface area contributed by atoms with Gasteiger partial charge in [-0.15, -0.1) is 11.3 Å². The largest absolute Gasteiger partial charge is 0.477 e. The molecule has 2 amide bonds. The van der Waals surface area contributed by atoms with Gasteiger partial charge in [0.2, 0.25) is 21.8 Å². The smallest absolute Gasteiger partial charge is 0.345 e. The standard InChI is InChI=1S/C11H12N2O6S2/c1-5-8(4-7(20-5)11(16)17)21(18,19)13-6-2-3-9(14)12-10(6)15/h4,6,13H,2-3H2,1H3,(H,16,17)(H,12,14,15). The number of rotatable bonds is 4. The van der Waals surface area contributed by atoms with Crippen LogP contribution < -0.4 is 10.0 Å². The van der Waals surface area contributed by atoms with Crippen molar-refractivity contribution >= 4 is 39.1 Å². The highest BCUT2D eigenvalue weighted by atomic mass is 32.2. The Labute approximate surface area is 124 Å². The second kappa shape index (κ2) is 5.54. The minimum atomic E-state index is -4.03. The van der Waals surface area contributed by atoms with Gasteiger partial charge in [-0.25, -0.2) is 13.2 Å². The zero-order chi connectivity index (χ0) is 15.8. The molecule has 0 spiro atoms. The van der Waals surface area contributed by atoms with Crippen LogP contribution in [0.4, 0.5) is 0 Å². The average Bonchev–Trinajstić information content (AvgIpc) is 2.76. The lowest BCUT2D eigenvalue weighted by Crippen LogP contribution is -2.52. The van der Waals surface area contributed by atoms with E-state index in [0.717, 1.165) is 17.4 Å². The molecule has 3 N–H and O–H groups in total. The van der Waals surface area contributed by atoms with E-state index in [0.29, 0.717) is 4.88 Å². The van der Waals surface area contributed by atoms with E-state index in [4.69, 9.17) is 5.11 Å². The first kappa shape index (κ1) is 15.6. The lowest BCUT2D eigenvalue weighted by atomic mass is 10.1. The maximum atomic E-state index is 12.2. The van der Waals surface area contributed by atoms with Gasteiger partial charge in [0.15, 0.2) is 0 Å². The van der Waals surface area contributed by atoms with Crippen LogP contribution in [-0.4, -0.2) is 37.3 Å². The van der Waals surface area contributed by atoms with Gasteiger partial charge in [-0.05, 0) is 19.4 Å². The fourth-order valence-electron chi connectivity index (χ4n) is 1.89. The van der Waals surface area contributed by atoms with Crippen LogP contribution in [-0.2, 0) is 19.6 Å². The van der Waals surface area contributed by atoms with Gasteiger partial charge in [0, 0.05) is 11.3 Å². The van der Waals surface area contributed by atoms with Crippen molar-refractivity contribution in [2.75, 3.05) is 0 Å². The minimum Gasteiger partial charge on any atom is -0.477 e. The number of hydrogen-bond acceptors (Lipinski definition) is 6. The molecule has 1 aromatic rings. The minimum absolute atomic E-state index is 0.0436. The summed E-state index contributed by atoms with van der Waals surface area (Å²) in [6, 6.07) is 0.0107. The van der Waals surface area contributed by atoms with Gasteiger partial charge in [0.05, 0.1) is 4.90 Å². The topological polar surface area (TPSA) is 130 Å². The van der Waals surface area contributed by atoms with Gasteiger partial charge in [-0.1, -0.05) is 0 Å². The molecule has 1 aliphatic rings. The SMILES string of the molecule is Cc1sc(C(=O)O)cc1S(=O)(=O)NC1CCC(=O)NC1=O. The van der Waals surface area contributed by atoms with Crippen LogP contribution in [0.1, 0.15) is 27.4 Å². The van der Waals surface area contributed by atoms with E-state index in [1.165, 1.54) is 6.92 Å². The molecule has 8 nitrogen and oxygen atoms in total. The number of hydrogen-bond donors (Lipinski definition) is 3. The third kappa shape index (κ3) is 3.28. The molecule has 1 aromatic heterocycles. The molecular formula is C11H12N2O6S2. The van der Waals surface area contributed by atoms with E-state index in [1.807, 2.05) is 5.32 Å². The third-order valence-electron chi connectivity index (χ3n) is 2.91. The van der Waals surface area contributed by atoms with E-state index in [9.17, 15) is 22.8 Å². The summed E-state index contributed by atoms with van der Waals surface area (Å²) in [5.74, 6) is -2.37. The first-order valence-corrected chi connectivity index (χ1v) is 8.20. The number of aromatic carboxylic acids is 1. The number of sulfonamides is 1. The quantitative estimate of drug-likeness (QED) is 0.657. The number of carboxylic acids is 1. The predicted octanol–water partition coefficient (Wildman–Crippen LogP) is -0.162. The Morgan fingerprint density at radius 3 is 2.67 bits per heavy atom. The highest BCUT2D eigenvalue weighted by molar-refractivity contribution is 7.89. The van der Waals surface area contributed by atoms with Crippen LogP contribution in [0, 0.1) is 6.92 Å². The van der Waals surface area contributed by atoms with Crippen molar-refractivity contribution in [3.05, 3.63) is 15.8 Å². The van der Waals surface area contributed by atoms with E-state index >= 15 is 0 Å². The Hall–Kier alpha value is -1.78. The molecule has 0 aliphatic carbocycles. The molecule has 2 rings (SSSR count). The van der Waals surface area contributed by atoms with Gasteiger partial charge < -0.3 is 5.11 Å². The number of amides is 2. The third-order valence-corrected chi connectivity index (χ3v) is 5.67. The first-order valence-electron chi connectivity index (χ1n) is 5.90. The van der Waals surface area contributed by atoms with Crippen molar-refractivity contribution in [1.29, 1.82) is 0 Å². The molecule has 114 valence electrons. The number of thiophene rings is 1. The van der Waals surface area contributed by atoms with Crippen LogP contribution >= 0.6 is 11.3 Å². The summed E-state index contributed by atoms with van der Waals surface area (Å²) in [7, 11) is -4.03. The Bertz CT molecular complexity index is 721. The van der Waals surface area contributed by atoms with E-state index in [1.54, 1.807) is 0 Å². The van der Waals surface area contributed by atoms with Crippen LogP contribution in [0.25, 0.3) is 0 Å². The summed E-state index contributed by atoms with van der Waals surface area (Å²) in [6.45, 7) is 1.48. The molecule has 1 aliphatic heterocycles. The summed E-state index contributed by atoms with van der Waals surface area (Å²) < 4.78 is 26.6. The zero-order valence-electron chi connectivity index (χ0n) is 10.9. The van der Waals surface area contributed by atoms with Crippen LogP contribution in [0.15, 0.2) is 11.0 Å². The van der Waals surface area contributed by atoms with Crippen LogP contribution in [0.5, 0.6) is 0 Å². The second-order valence-electron chi connectivity index (χ2n) is 4.46. The number of carbonyl (C=O) groups excluding carboxylic acids is 2.